The molecule has 4 heteroatoms. The van der Waals surface area contributed by atoms with Crippen LogP contribution < -0.4 is 24.0 Å². The summed E-state index contributed by atoms with van der Waals surface area (Å²) in [6, 6.07) is 0. The molecule has 0 aromatic rings. The Morgan fingerprint density at radius 1 is 1.15 bits per heavy atom. The summed E-state index contributed by atoms with van der Waals surface area (Å²) >= 11 is 1.91. The molecule has 0 aliphatic heterocycles. The molecule has 0 radical (unpaired) electrons. The minimum Gasteiger partial charge on any atom is -1.00 e. The molecule has 0 spiro atoms. The Labute approximate surface area is 104 Å². The Bertz CT molecular complexity index is 152. The van der Waals surface area contributed by atoms with Gasteiger partial charge in [-0.1, -0.05) is 6.92 Å². The molecule has 0 aliphatic carbocycles. The zero-order valence-electron chi connectivity index (χ0n) is 9.30. The Kier molecular flexibility index (Phi) is 11.2. The van der Waals surface area contributed by atoms with Crippen molar-refractivity contribution < 1.29 is 28.6 Å². The van der Waals surface area contributed by atoms with Gasteiger partial charge in [0, 0.05) is 5.75 Å². The van der Waals surface area contributed by atoms with E-state index in [-0.39, 0.29) is 24.0 Å². The Hall–Kier alpha value is 0.550. The fourth-order valence-corrected chi connectivity index (χ4v) is 2.08. The molecule has 0 aromatic carbocycles. The zero-order chi connectivity index (χ0) is 9.56. The Morgan fingerprint density at radius 3 is 1.85 bits per heavy atom. The van der Waals surface area contributed by atoms with Crippen molar-refractivity contribution in [3.8, 4) is 0 Å². The highest BCUT2D eigenvalue weighted by molar-refractivity contribution is 8.13. The normalized spacial score (nSPS) is 9.00. The van der Waals surface area contributed by atoms with Crippen LogP contribution in [0.4, 0.5) is 0 Å². The third-order valence-electron chi connectivity index (χ3n) is 1.69. The molecule has 2 nitrogen and oxygen atoms in total. The van der Waals surface area contributed by atoms with Crippen LogP contribution in [-0.4, -0.2) is 47.6 Å². The Morgan fingerprint density at radius 2 is 1.62 bits per heavy atom. The molecule has 0 aliphatic rings. The predicted octanol–water partition coefficient (Wildman–Crippen LogP) is -1.29. The van der Waals surface area contributed by atoms with E-state index in [1.165, 1.54) is 5.17 Å². The molecule has 0 bridgehead atoms. The average molecular weight is 316 g/mol. The lowest BCUT2D eigenvalue weighted by molar-refractivity contribution is -0.522. The first-order valence-electron chi connectivity index (χ1n) is 4.59. The third-order valence-corrected chi connectivity index (χ3v) is 2.86. The molecule has 0 saturated carbocycles. The summed E-state index contributed by atoms with van der Waals surface area (Å²) in [4.78, 5) is 2.20. The van der Waals surface area contributed by atoms with Crippen molar-refractivity contribution in [3.05, 3.63) is 0 Å². The van der Waals surface area contributed by atoms with Crippen LogP contribution in [0.1, 0.15) is 20.8 Å². The van der Waals surface area contributed by atoms with Gasteiger partial charge in [0.15, 0.2) is 0 Å². The van der Waals surface area contributed by atoms with Gasteiger partial charge in [-0.15, -0.1) is 0 Å². The number of hydrogen-bond acceptors (Lipinski definition) is 1. The summed E-state index contributed by atoms with van der Waals surface area (Å²) in [5, 5.41) is 1.38. The van der Waals surface area contributed by atoms with Gasteiger partial charge in [0.1, 0.15) is 0 Å². The predicted molar refractivity (Wildman–Crippen MR) is 58.2 cm³/mol. The molecule has 80 valence electrons. The monoisotopic (exact) mass is 316 g/mol. The van der Waals surface area contributed by atoms with E-state index in [0.29, 0.717) is 0 Å². The van der Waals surface area contributed by atoms with Crippen LogP contribution in [0.5, 0.6) is 0 Å². The molecule has 0 atom stereocenters. The molecular weight excluding hydrogens is 295 g/mol. The fourth-order valence-electron chi connectivity index (χ4n) is 1.13. The van der Waals surface area contributed by atoms with Crippen LogP contribution in [-0.2, 0) is 0 Å². The van der Waals surface area contributed by atoms with E-state index in [9.17, 15) is 0 Å². The van der Waals surface area contributed by atoms with Crippen molar-refractivity contribution in [1.29, 1.82) is 0 Å². The summed E-state index contributed by atoms with van der Waals surface area (Å²) in [6.45, 7) is 8.78. The van der Waals surface area contributed by atoms with Gasteiger partial charge in [-0.3, -0.25) is 9.48 Å². The van der Waals surface area contributed by atoms with E-state index in [0.717, 1.165) is 18.8 Å². The van der Waals surface area contributed by atoms with Gasteiger partial charge in [-0.2, -0.15) is 0 Å². The molecule has 13 heavy (non-hydrogen) atoms. The zero-order valence-corrected chi connectivity index (χ0v) is 12.3. The summed E-state index contributed by atoms with van der Waals surface area (Å²) < 4.78 is 2.38. The molecule has 0 saturated heterocycles. The quantitative estimate of drug-likeness (QED) is 0.277. The lowest BCUT2D eigenvalue weighted by Crippen LogP contribution is -3.00. The summed E-state index contributed by atoms with van der Waals surface area (Å²) in [5.74, 6) is 1.14. The van der Waals surface area contributed by atoms with Crippen molar-refractivity contribution in [2.45, 2.75) is 20.8 Å². The van der Waals surface area contributed by atoms with E-state index in [1.807, 2.05) is 11.8 Å². The summed E-state index contributed by atoms with van der Waals surface area (Å²) in [6.07, 6.45) is 0. The van der Waals surface area contributed by atoms with Crippen molar-refractivity contribution in [2.24, 2.45) is 0 Å². The second kappa shape index (κ2) is 9.12. The van der Waals surface area contributed by atoms with Crippen molar-refractivity contribution in [2.75, 3.05) is 32.9 Å². The van der Waals surface area contributed by atoms with E-state index >= 15 is 0 Å². The highest BCUT2D eigenvalue weighted by Gasteiger charge is 2.12. The van der Waals surface area contributed by atoms with Crippen LogP contribution in [0.25, 0.3) is 0 Å². The van der Waals surface area contributed by atoms with Crippen LogP contribution in [0.15, 0.2) is 0 Å². The first-order valence-corrected chi connectivity index (χ1v) is 5.57. The molecule has 0 aromatic heterocycles. The molecule has 0 rings (SSSR count). The van der Waals surface area contributed by atoms with Crippen LogP contribution in [0.2, 0.25) is 0 Å². The maximum absolute atomic E-state index is 2.38. The number of halogens is 1. The second-order valence-corrected chi connectivity index (χ2v) is 4.01. The standard InChI is InChI=1S/C9H21N2S.HI/c1-6-11(7-2)9(10(4)5)12-8-3;/h6-8H2,1-5H3;1H/q+1;/p-1. The number of amidine groups is 1. The third kappa shape index (κ3) is 5.78. The highest BCUT2D eigenvalue weighted by Crippen LogP contribution is 2.05. The smallest absolute Gasteiger partial charge is 0.307 e. The van der Waals surface area contributed by atoms with Gasteiger partial charge in [0.05, 0.1) is 27.2 Å². The lowest BCUT2D eigenvalue weighted by atomic mass is 10.6. The number of thioether (sulfide) groups is 1. The first kappa shape index (κ1) is 16.0. The number of hydrogen-bond donors (Lipinski definition) is 0. The van der Waals surface area contributed by atoms with Crippen LogP contribution >= 0.6 is 11.8 Å². The van der Waals surface area contributed by atoms with Crippen molar-refractivity contribution in [1.82, 2.24) is 4.90 Å². The average Bonchev–Trinajstić information content (AvgIpc) is 2.05. The van der Waals surface area contributed by atoms with Gasteiger partial charge in [0.2, 0.25) is 0 Å². The Balaban J connectivity index is 0. The molecule has 0 heterocycles. The maximum Gasteiger partial charge on any atom is 0.307 e. The second-order valence-electron chi connectivity index (χ2n) is 2.78. The maximum atomic E-state index is 2.38. The van der Waals surface area contributed by atoms with E-state index in [2.05, 4.69) is 44.3 Å². The van der Waals surface area contributed by atoms with E-state index < -0.39 is 0 Å². The van der Waals surface area contributed by atoms with Crippen LogP contribution in [0, 0.1) is 0 Å². The minimum atomic E-state index is 0. The SMILES string of the molecule is CCSC(N(C)C)=[N+](CC)CC.[I-]. The lowest BCUT2D eigenvalue weighted by Gasteiger charge is -2.12. The van der Waals surface area contributed by atoms with Crippen molar-refractivity contribution >= 4 is 16.9 Å². The van der Waals surface area contributed by atoms with Gasteiger partial charge in [-0.25, -0.2) is 0 Å². The summed E-state index contributed by atoms with van der Waals surface area (Å²) in [7, 11) is 4.21. The van der Waals surface area contributed by atoms with Crippen molar-refractivity contribution in [3.63, 3.8) is 0 Å². The topological polar surface area (TPSA) is 6.25 Å². The molecular formula is C9H21IN2S. The molecule has 0 N–H and O–H groups in total. The van der Waals surface area contributed by atoms with E-state index in [4.69, 9.17) is 0 Å². The largest absolute Gasteiger partial charge is 1.00 e. The van der Waals surface area contributed by atoms with Gasteiger partial charge in [-0.05, 0) is 25.6 Å². The number of nitrogens with zero attached hydrogens (tertiary/aromatic N) is 2. The van der Waals surface area contributed by atoms with Gasteiger partial charge >= 0.3 is 5.17 Å². The molecule has 0 unspecified atom stereocenters. The van der Waals surface area contributed by atoms with E-state index in [1.54, 1.807) is 0 Å². The van der Waals surface area contributed by atoms with Crippen LogP contribution in [0.3, 0.4) is 0 Å². The first-order chi connectivity index (χ1) is 5.67. The fraction of sp³-hybridized carbons (Fsp3) is 0.889. The summed E-state index contributed by atoms with van der Waals surface area (Å²) in [5.41, 5.74) is 0. The highest BCUT2D eigenvalue weighted by atomic mass is 127. The van der Waals surface area contributed by atoms with Gasteiger partial charge in [0.25, 0.3) is 0 Å². The number of rotatable bonds is 3. The minimum absolute atomic E-state index is 0. The molecule has 0 fully saturated rings. The molecule has 0 amide bonds. The van der Waals surface area contributed by atoms with Gasteiger partial charge < -0.3 is 24.0 Å².